The maximum absolute atomic E-state index is 12.5. The van der Waals surface area contributed by atoms with Crippen molar-refractivity contribution in [3.8, 4) is 0 Å². The van der Waals surface area contributed by atoms with E-state index in [0.717, 1.165) is 21.9 Å². The molecule has 98 valence electrons. The summed E-state index contributed by atoms with van der Waals surface area (Å²) in [5.74, 6) is 0.0871. The molecule has 0 bridgehead atoms. The SMILES string of the molecule is O=C(Cc1cccc(Cl)c1)c1cccc2cnccc12. The van der Waals surface area contributed by atoms with Crippen molar-refractivity contribution in [2.75, 3.05) is 0 Å². The Morgan fingerprint density at radius 1 is 1.10 bits per heavy atom. The van der Waals surface area contributed by atoms with Crippen LogP contribution < -0.4 is 0 Å². The van der Waals surface area contributed by atoms with Crippen LogP contribution in [0.3, 0.4) is 0 Å². The van der Waals surface area contributed by atoms with Crippen molar-refractivity contribution in [1.29, 1.82) is 0 Å². The van der Waals surface area contributed by atoms with E-state index in [1.54, 1.807) is 18.5 Å². The fourth-order valence-electron chi connectivity index (χ4n) is 2.29. The molecule has 0 unspecified atom stereocenters. The van der Waals surface area contributed by atoms with E-state index in [1.807, 2.05) is 42.5 Å². The predicted octanol–water partition coefficient (Wildman–Crippen LogP) is 4.31. The standard InChI is InChI=1S/C17H12ClNO/c18-14-5-1-3-12(9-14)10-17(20)16-6-2-4-13-11-19-8-7-15(13)16/h1-9,11H,10H2. The summed E-state index contributed by atoms with van der Waals surface area (Å²) < 4.78 is 0. The maximum Gasteiger partial charge on any atom is 0.167 e. The van der Waals surface area contributed by atoms with Crippen LogP contribution in [0.1, 0.15) is 15.9 Å². The molecule has 0 aliphatic rings. The number of halogens is 1. The third-order valence-corrected chi connectivity index (χ3v) is 3.47. The van der Waals surface area contributed by atoms with E-state index in [0.29, 0.717) is 11.4 Å². The van der Waals surface area contributed by atoms with Gasteiger partial charge in [0.15, 0.2) is 5.78 Å². The topological polar surface area (TPSA) is 30.0 Å². The van der Waals surface area contributed by atoms with Crippen LogP contribution >= 0.6 is 11.6 Å². The van der Waals surface area contributed by atoms with E-state index in [1.165, 1.54) is 0 Å². The van der Waals surface area contributed by atoms with E-state index in [4.69, 9.17) is 11.6 Å². The number of carbonyl (C=O) groups excluding carboxylic acids is 1. The number of pyridine rings is 1. The summed E-state index contributed by atoms with van der Waals surface area (Å²) >= 11 is 5.95. The van der Waals surface area contributed by atoms with Crippen molar-refractivity contribution in [3.05, 3.63) is 77.1 Å². The minimum atomic E-state index is 0.0871. The van der Waals surface area contributed by atoms with Crippen LogP contribution in [0.25, 0.3) is 10.8 Å². The number of carbonyl (C=O) groups is 1. The number of nitrogens with zero attached hydrogens (tertiary/aromatic N) is 1. The third kappa shape index (κ3) is 2.56. The van der Waals surface area contributed by atoms with Crippen molar-refractivity contribution < 1.29 is 4.79 Å². The van der Waals surface area contributed by atoms with Gasteiger partial charge in [0.05, 0.1) is 0 Å². The summed E-state index contributed by atoms with van der Waals surface area (Å²) in [6.45, 7) is 0. The van der Waals surface area contributed by atoms with Gasteiger partial charge in [-0.25, -0.2) is 0 Å². The lowest BCUT2D eigenvalue weighted by Crippen LogP contribution is -2.04. The van der Waals surface area contributed by atoms with E-state index >= 15 is 0 Å². The Balaban J connectivity index is 1.97. The second-order valence-electron chi connectivity index (χ2n) is 4.63. The van der Waals surface area contributed by atoms with Gasteiger partial charge < -0.3 is 0 Å². The van der Waals surface area contributed by atoms with Crippen LogP contribution in [-0.4, -0.2) is 10.8 Å². The molecule has 0 saturated carbocycles. The highest BCUT2D eigenvalue weighted by atomic mass is 35.5. The molecule has 0 N–H and O–H groups in total. The first-order chi connectivity index (χ1) is 9.74. The molecule has 1 heterocycles. The van der Waals surface area contributed by atoms with Gasteiger partial charge in [-0.3, -0.25) is 9.78 Å². The van der Waals surface area contributed by atoms with E-state index in [-0.39, 0.29) is 5.78 Å². The zero-order valence-electron chi connectivity index (χ0n) is 10.7. The van der Waals surface area contributed by atoms with Gasteiger partial charge in [-0.2, -0.15) is 0 Å². The van der Waals surface area contributed by atoms with Crippen LogP contribution in [0.4, 0.5) is 0 Å². The number of rotatable bonds is 3. The molecule has 0 atom stereocenters. The fourth-order valence-corrected chi connectivity index (χ4v) is 2.51. The molecule has 0 spiro atoms. The highest BCUT2D eigenvalue weighted by Crippen LogP contribution is 2.20. The monoisotopic (exact) mass is 281 g/mol. The summed E-state index contributed by atoms with van der Waals surface area (Å²) in [6.07, 6.45) is 3.83. The van der Waals surface area contributed by atoms with Crippen molar-refractivity contribution in [2.24, 2.45) is 0 Å². The molecule has 20 heavy (non-hydrogen) atoms. The normalized spacial score (nSPS) is 10.7. The van der Waals surface area contributed by atoms with Gasteiger partial charge in [-0.1, -0.05) is 41.9 Å². The Labute approximate surface area is 122 Å². The molecule has 2 aromatic carbocycles. The Bertz CT molecular complexity index is 777. The quantitative estimate of drug-likeness (QED) is 0.670. The molecule has 2 nitrogen and oxygen atoms in total. The number of fused-ring (bicyclic) bond motifs is 1. The largest absolute Gasteiger partial charge is 0.294 e. The Morgan fingerprint density at radius 2 is 1.95 bits per heavy atom. The Kier molecular flexibility index (Phi) is 3.48. The third-order valence-electron chi connectivity index (χ3n) is 3.23. The molecule has 0 saturated heterocycles. The Hall–Kier alpha value is -2.19. The van der Waals surface area contributed by atoms with Crippen LogP contribution in [0, 0.1) is 0 Å². The minimum Gasteiger partial charge on any atom is -0.294 e. The second-order valence-corrected chi connectivity index (χ2v) is 5.07. The van der Waals surface area contributed by atoms with Crippen molar-refractivity contribution in [1.82, 2.24) is 4.98 Å². The zero-order chi connectivity index (χ0) is 13.9. The molecule has 0 amide bonds. The van der Waals surface area contributed by atoms with Gasteiger partial charge in [0.2, 0.25) is 0 Å². The highest BCUT2D eigenvalue weighted by molar-refractivity contribution is 6.30. The number of hydrogen-bond acceptors (Lipinski definition) is 2. The average molecular weight is 282 g/mol. The molecule has 3 rings (SSSR count). The summed E-state index contributed by atoms with van der Waals surface area (Å²) in [5.41, 5.74) is 1.65. The highest BCUT2D eigenvalue weighted by Gasteiger charge is 2.10. The summed E-state index contributed by atoms with van der Waals surface area (Å²) in [4.78, 5) is 16.6. The Morgan fingerprint density at radius 3 is 2.80 bits per heavy atom. The predicted molar refractivity (Wildman–Crippen MR) is 81.2 cm³/mol. The number of benzene rings is 2. The molecule has 3 aromatic rings. The molecule has 0 aliphatic heterocycles. The lowest BCUT2D eigenvalue weighted by atomic mass is 9.98. The van der Waals surface area contributed by atoms with Crippen LogP contribution in [-0.2, 0) is 6.42 Å². The van der Waals surface area contributed by atoms with E-state index in [2.05, 4.69) is 4.98 Å². The minimum absolute atomic E-state index is 0.0871. The van der Waals surface area contributed by atoms with Crippen molar-refractivity contribution >= 4 is 28.2 Å². The molecule has 3 heteroatoms. The van der Waals surface area contributed by atoms with Gasteiger partial charge >= 0.3 is 0 Å². The van der Waals surface area contributed by atoms with Gasteiger partial charge in [-0.05, 0) is 29.1 Å². The van der Waals surface area contributed by atoms with Crippen molar-refractivity contribution in [2.45, 2.75) is 6.42 Å². The number of ketones is 1. The summed E-state index contributed by atoms with van der Waals surface area (Å²) in [7, 11) is 0. The van der Waals surface area contributed by atoms with Crippen LogP contribution in [0.2, 0.25) is 5.02 Å². The van der Waals surface area contributed by atoms with Crippen LogP contribution in [0.15, 0.2) is 60.9 Å². The molecular weight excluding hydrogens is 270 g/mol. The lowest BCUT2D eigenvalue weighted by Gasteiger charge is -2.06. The van der Waals surface area contributed by atoms with Gasteiger partial charge in [-0.15, -0.1) is 0 Å². The fraction of sp³-hybridized carbons (Fsp3) is 0.0588. The molecule has 0 radical (unpaired) electrons. The van der Waals surface area contributed by atoms with Crippen LogP contribution in [0.5, 0.6) is 0 Å². The first-order valence-electron chi connectivity index (χ1n) is 6.34. The van der Waals surface area contributed by atoms with Crippen molar-refractivity contribution in [3.63, 3.8) is 0 Å². The number of Topliss-reactive ketones (excluding diaryl/α,β-unsaturated/α-hetero) is 1. The first kappa shape index (κ1) is 12.8. The molecule has 0 aliphatic carbocycles. The molecule has 0 fully saturated rings. The van der Waals surface area contributed by atoms with E-state index < -0.39 is 0 Å². The summed E-state index contributed by atoms with van der Waals surface area (Å²) in [5, 5.41) is 2.57. The maximum atomic E-state index is 12.5. The van der Waals surface area contributed by atoms with Gasteiger partial charge in [0, 0.05) is 34.8 Å². The summed E-state index contributed by atoms with van der Waals surface area (Å²) in [6, 6.07) is 15.0. The molecule has 1 aromatic heterocycles. The molecular formula is C17H12ClNO. The van der Waals surface area contributed by atoms with Gasteiger partial charge in [0.25, 0.3) is 0 Å². The average Bonchev–Trinajstić information content (AvgIpc) is 2.46. The smallest absolute Gasteiger partial charge is 0.167 e. The number of aromatic nitrogens is 1. The first-order valence-corrected chi connectivity index (χ1v) is 6.72. The van der Waals surface area contributed by atoms with E-state index in [9.17, 15) is 4.79 Å². The second kappa shape index (κ2) is 5.43. The van der Waals surface area contributed by atoms with Gasteiger partial charge in [0.1, 0.15) is 0 Å². The zero-order valence-corrected chi connectivity index (χ0v) is 11.5. The lowest BCUT2D eigenvalue weighted by molar-refractivity contribution is 0.0994. The number of hydrogen-bond donors (Lipinski definition) is 0.